The Morgan fingerprint density at radius 2 is 2.08 bits per heavy atom. The number of ether oxygens (including phenoxy) is 1. The van der Waals surface area contributed by atoms with E-state index in [2.05, 4.69) is 42.2 Å². The number of carbonyl (C=O) groups excluding carboxylic acids is 1. The van der Waals surface area contributed by atoms with Gasteiger partial charge in [-0.15, -0.1) is 0 Å². The van der Waals surface area contributed by atoms with Crippen molar-refractivity contribution in [3.8, 4) is 5.75 Å². The van der Waals surface area contributed by atoms with Gasteiger partial charge in [0, 0.05) is 38.6 Å². The van der Waals surface area contributed by atoms with E-state index in [0.29, 0.717) is 19.0 Å². The molecule has 0 saturated carbocycles. The topological polar surface area (TPSA) is 44.8 Å². The highest BCUT2D eigenvalue weighted by Crippen LogP contribution is 2.18. The second-order valence-electron chi connectivity index (χ2n) is 6.66. The van der Waals surface area contributed by atoms with Crippen LogP contribution in [0.4, 0.5) is 0 Å². The lowest BCUT2D eigenvalue weighted by atomic mass is 10.1. The molecule has 1 N–H and O–H groups in total. The van der Waals surface area contributed by atoms with Gasteiger partial charge in [0.15, 0.2) is 0 Å². The van der Waals surface area contributed by atoms with Crippen molar-refractivity contribution in [1.82, 2.24) is 15.1 Å². The fourth-order valence-corrected chi connectivity index (χ4v) is 3.01. The zero-order chi connectivity index (χ0) is 17.4. The molecule has 0 spiro atoms. The van der Waals surface area contributed by atoms with Crippen molar-refractivity contribution in [3.05, 3.63) is 29.8 Å². The Morgan fingerprint density at radius 3 is 2.88 bits per heavy atom. The molecule has 1 aromatic rings. The quantitative estimate of drug-likeness (QED) is 0.787. The molecule has 24 heavy (non-hydrogen) atoms. The Hall–Kier alpha value is -1.59. The van der Waals surface area contributed by atoms with Gasteiger partial charge in [-0.25, -0.2) is 0 Å². The molecule has 0 aliphatic carbocycles. The zero-order valence-corrected chi connectivity index (χ0v) is 15.3. The SMILES string of the molecule is CCCOc1ccccc1CCNC(=O)C[C@@H]1CN(C)CCN1C. The molecule has 1 aliphatic heterocycles. The third kappa shape index (κ3) is 5.80. The predicted octanol–water partition coefficient (Wildman–Crippen LogP) is 1.77. The molecule has 0 radical (unpaired) electrons. The van der Waals surface area contributed by atoms with Crippen LogP contribution in [-0.2, 0) is 11.2 Å². The van der Waals surface area contributed by atoms with E-state index in [9.17, 15) is 4.79 Å². The number of piperazine rings is 1. The largest absolute Gasteiger partial charge is 0.493 e. The van der Waals surface area contributed by atoms with Crippen LogP contribution >= 0.6 is 0 Å². The van der Waals surface area contributed by atoms with E-state index in [1.807, 2.05) is 18.2 Å². The lowest BCUT2D eigenvalue weighted by Gasteiger charge is -2.37. The maximum Gasteiger partial charge on any atom is 0.221 e. The second-order valence-corrected chi connectivity index (χ2v) is 6.66. The van der Waals surface area contributed by atoms with Crippen molar-refractivity contribution < 1.29 is 9.53 Å². The summed E-state index contributed by atoms with van der Waals surface area (Å²) < 4.78 is 5.77. The average molecular weight is 333 g/mol. The van der Waals surface area contributed by atoms with Gasteiger partial charge in [0.25, 0.3) is 0 Å². The minimum atomic E-state index is 0.133. The summed E-state index contributed by atoms with van der Waals surface area (Å²) in [4.78, 5) is 16.8. The number of likely N-dealkylation sites (N-methyl/N-ethyl adjacent to an activating group) is 2. The first-order valence-corrected chi connectivity index (χ1v) is 8.96. The van der Waals surface area contributed by atoms with Crippen LogP contribution < -0.4 is 10.1 Å². The highest BCUT2D eigenvalue weighted by molar-refractivity contribution is 5.76. The van der Waals surface area contributed by atoms with Crippen molar-refractivity contribution >= 4 is 5.91 Å². The van der Waals surface area contributed by atoms with E-state index in [0.717, 1.165) is 50.4 Å². The highest BCUT2D eigenvalue weighted by Gasteiger charge is 2.24. The highest BCUT2D eigenvalue weighted by atomic mass is 16.5. The summed E-state index contributed by atoms with van der Waals surface area (Å²) in [5, 5.41) is 3.06. The Morgan fingerprint density at radius 1 is 1.29 bits per heavy atom. The number of para-hydroxylation sites is 1. The number of amides is 1. The fourth-order valence-electron chi connectivity index (χ4n) is 3.01. The smallest absolute Gasteiger partial charge is 0.221 e. The third-order valence-corrected chi connectivity index (χ3v) is 4.55. The van der Waals surface area contributed by atoms with Gasteiger partial charge in [0.05, 0.1) is 6.61 Å². The summed E-state index contributed by atoms with van der Waals surface area (Å²) in [6, 6.07) is 8.38. The summed E-state index contributed by atoms with van der Waals surface area (Å²) in [6.45, 7) is 6.53. The molecule has 1 amide bonds. The van der Waals surface area contributed by atoms with Gasteiger partial charge in [-0.05, 0) is 38.6 Å². The maximum atomic E-state index is 12.2. The van der Waals surface area contributed by atoms with E-state index in [-0.39, 0.29) is 5.91 Å². The first-order chi connectivity index (χ1) is 11.6. The van der Waals surface area contributed by atoms with Crippen LogP contribution in [0.1, 0.15) is 25.3 Å². The molecule has 5 heteroatoms. The number of rotatable bonds is 8. The summed E-state index contributed by atoms with van der Waals surface area (Å²) in [5.74, 6) is 1.07. The molecule has 0 bridgehead atoms. The van der Waals surface area contributed by atoms with Crippen LogP contribution in [0.2, 0.25) is 0 Å². The predicted molar refractivity (Wildman–Crippen MR) is 97.5 cm³/mol. The van der Waals surface area contributed by atoms with Crippen LogP contribution in [0, 0.1) is 0 Å². The molecular weight excluding hydrogens is 302 g/mol. The Balaban J connectivity index is 1.76. The number of nitrogens with one attached hydrogen (secondary N) is 1. The minimum Gasteiger partial charge on any atom is -0.493 e. The number of hydrogen-bond donors (Lipinski definition) is 1. The molecular formula is C19H31N3O2. The van der Waals surface area contributed by atoms with Crippen LogP contribution in [-0.4, -0.2) is 68.6 Å². The first kappa shape index (κ1) is 18.7. The monoisotopic (exact) mass is 333 g/mol. The zero-order valence-electron chi connectivity index (χ0n) is 15.3. The molecule has 1 saturated heterocycles. The minimum absolute atomic E-state index is 0.133. The Kier molecular flexibility index (Phi) is 7.53. The first-order valence-electron chi connectivity index (χ1n) is 8.96. The van der Waals surface area contributed by atoms with Crippen molar-refractivity contribution in [2.75, 3.05) is 46.9 Å². The number of benzene rings is 1. The molecule has 1 fully saturated rings. The van der Waals surface area contributed by atoms with Crippen LogP contribution in [0.25, 0.3) is 0 Å². The lowest BCUT2D eigenvalue weighted by Crippen LogP contribution is -2.51. The summed E-state index contributed by atoms with van der Waals surface area (Å²) >= 11 is 0. The standard InChI is InChI=1S/C19H31N3O2/c1-4-13-24-18-8-6-5-7-16(18)9-10-20-19(23)14-17-15-21(2)11-12-22(17)3/h5-8,17H,4,9-15H2,1-3H3,(H,20,23)/t17-/m1/s1. The van der Waals surface area contributed by atoms with Gasteiger partial charge < -0.3 is 19.9 Å². The molecule has 134 valence electrons. The molecule has 5 nitrogen and oxygen atoms in total. The van der Waals surface area contributed by atoms with Gasteiger partial charge in [-0.2, -0.15) is 0 Å². The number of nitrogens with zero attached hydrogens (tertiary/aromatic N) is 2. The Labute approximate surface area is 146 Å². The fraction of sp³-hybridized carbons (Fsp3) is 0.632. The normalized spacial score (nSPS) is 19.2. The van der Waals surface area contributed by atoms with Gasteiger partial charge >= 0.3 is 0 Å². The molecule has 0 unspecified atom stereocenters. The van der Waals surface area contributed by atoms with E-state index in [4.69, 9.17) is 4.74 Å². The van der Waals surface area contributed by atoms with Gasteiger partial charge in [-0.1, -0.05) is 25.1 Å². The molecule has 1 atom stereocenters. The number of carbonyl (C=O) groups is 1. The maximum absolute atomic E-state index is 12.2. The van der Waals surface area contributed by atoms with Gasteiger partial charge in [0.2, 0.25) is 5.91 Å². The molecule has 1 aromatic carbocycles. The molecule has 1 heterocycles. The Bertz CT molecular complexity index is 521. The second kappa shape index (κ2) is 9.64. The molecule has 1 aliphatic rings. The van der Waals surface area contributed by atoms with Crippen molar-refractivity contribution in [1.29, 1.82) is 0 Å². The molecule has 2 rings (SSSR count). The summed E-state index contributed by atoms with van der Waals surface area (Å²) in [7, 11) is 4.22. The van der Waals surface area contributed by atoms with E-state index in [1.54, 1.807) is 0 Å². The summed E-state index contributed by atoms with van der Waals surface area (Å²) in [5.41, 5.74) is 1.15. The van der Waals surface area contributed by atoms with Crippen molar-refractivity contribution in [2.45, 2.75) is 32.2 Å². The molecule has 0 aromatic heterocycles. The average Bonchev–Trinajstić information content (AvgIpc) is 2.57. The van der Waals surface area contributed by atoms with Gasteiger partial charge in [0.1, 0.15) is 5.75 Å². The summed E-state index contributed by atoms with van der Waals surface area (Å²) in [6.07, 6.45) is 2.36. The van der Waals surface area contributed by atoms with Gasteiger partial charge in [-0.3, -0.25) is 4.79 Å². The van der Waals surface area contributed by atoms with Crippen molar-refractivity contribution in [3.63, 3.8) is 0 Å². The van der Waals surface area contributed by atoms with Crippen LogP contribution in [0.3, 0.4) is 0 Å². The van der Waals surface area contributed by atoms with Crippen LogP contribution in [0.15, 0.2) is 24.3 Å². The third-order valence-electron chi connectivity index (χ3n) is 4.55. The van der Waals surface area contributed by atoms with E-state index >= 15 is 0 Å². The lowest BCUT2D eigenvalue weighted by molar-refractivity contribution is -0.122. The van der Waals surface area contributed by atoms with Crippen molar-refractivity contribution in [2.24, 2.45) is 0 Å². The van der Waals surface area contributed by atoms with E-state index in [1.165, 1.54) is 0 Å². The van der Waals surface area contributed by atoms with E-state index < -0.39 is 0 Å². The number of hydrogen-bond acceptors (Lipinski definition) is 4. The van der Waals surface area contributed by atoms with Crippen LogP contribution in [0.5, 0.6) is 5.75 Å².